The van der Waals surface area contributed by atoms with Gasteiger partial charge in [0, 0.05) is 69.3 Å². The molecule has 5 heterocycles. The first-order valence-electron chi connectivity index (χ1n) is 21.0. The minimum Gasteiger partial charge on any atom is -0.508 e. The summed E-state index contributed by atoms with van der Waals surface area (Å²) >= 11 is 0. The third-order valence-corrected chi connectivity index (χ3v) is 14.2. The first-order chi connectivity index (χ1) is 27.8. The average Bonchev–Trinajstić information content (AvgIpc) is 3.64. The van der Waals surface area contributed by atoms with Gasteiger partial charge in [-0.15, -0.1) is 0 Å². The molecule has 0 bridgehead atoms. The molecule has 0 unspecified atom stereocenters. The van der Waals surface area contributed by atoms with Crippen LogP contribution < -0.4 is 4.74 Å². The Morgan fingerprint density at radius 1 is 0.632 bits per heavy atom. The topological polar surface area (TPSA) is 111 Å². The highest BCUT2D eigenvalue weighted by molar-refractivity contribution is 6.08. The second kappa shape index (κ2) is 14.7. The van der Waals surface area contributed by atoms with E-state index in [2.05, 4.69) is 52.3 Å². The van der Waals surface area contributed by atoms with Crippen LogP contribution in [0.4, 0.5) is 0 Å². The summed E-state index contributed by atoms with van der Waals surface area (Å²) in [6.45, 7) is 4.90. The molecule has 0 radical (unpaired) electrons. The lowest BCUT2D eigenvalue weighted by molar-refractivity contribution is -0.146. The fourth-order valence-corrected chi connectivity index (χ4v) is 11.5. The molecule has 2 aliphatic carbocycles. The Hall–Kier alpha value is -5.06. The molecule has 4 saturated heterocycles. The standard InChI is InChI=1S/C47H50N4O6/c52-35-11-14-40-31(24-35)23-32(28-57-40)41-36-12-13-37-42(46(55)50(44(37)53)33-15-19-48(20-16-33)26-29-7-3-1-4-8-29)38(36)25-39-43(41)47(56)51(45(39)54)34-17-21-49(22-18-34)27-30-9-5-2-6-10-30/h1-12,14,24,28,33-34,37-39,41-43,52H,13,15-23,25-27H2/t37-,38+,39+,41-,42-,43+/m0/s1. The number of carbonyl (C=O) groups is 4. The molecule has 10 rings (SSSR count). The van der Waals surface area contributed by atoms with Crippen molar-refractivity contribution in [3.63, 3.8) is 0 Å². The van der Waals surface area contributed by atoms with E-state index in [4.69, 9.17) is 4.74 Å². The molecule has 0 aromatic heterocycles. The first-order valence-corrected chi connectivity index (χ1v) is 21.0. The van der Waals surface area contributed by atoms with Crippen molar-refractivity contribution in [2.75, 3.05) is 26.2 Å². The van der Waals surface area contributed by atoms with Crippen molar-refractivity contribution in [1.82, 2.24) is 19.6 Å². The number of aromatic hydroxyl groups is 1. The Balaban J connectivity index is 0.915. The summed E-state index contributed by atoms with van der Waals surface area (Å²) in [6.07, 6.45) is 8.06. The molecule has 5 fully saturated rings. The second-order valence-electron chi connectivity index (χ2n) is 17.4. The number of imide groups is 2. The minimum absolute atomic E-state index is 0.0807. The molecule has 10 nitrogen and oxygen atoms in total. The molecule has 10 heteroatoms. The zero-order valence-corrected chi connectivity index (χ0v) is 32.2. The number of nitrogens with zero attached hydrogens (tertiary/aromatic N) is 4. The maximum absolute atomic E-state index is 14.8. The van der Waals surface area contributed by atoms with Crippen molar-refractivity contribution >= 4 is 23.6 Å². The Bertz CT molecular complexity index is 2140. The Morgan fingerprint density at radius 2 is 1.19 bits per heavy atom. The van der Waals surface area contributed by atoms with Gasteiger partial charge in [-0.2, -0.15) is 0 Å². The van der Waals surface area contributed by atoms with Crippen LogP contribution in [-0.2, 0) is 38.7 Å². The fraction of sp³-hybridized carbons (Fsp3) is 0.447. The lowest BCUT2D eigenvalue weighted by atomic mass is 9.56. The molecular weight excluding hydrogens is 717 g/mol. The van der Waals surface area contributed by atoms with E-state index in [9.17, 15) is 24.3 Å². The number of allylic oxidation sites excluding steroid dienone is 3. The number of hydrogen-bond acceptors (Lipinski definition) is 8. The van der Waals surface area contributed by atoms with Crippen LogP contribution >= 0.6 is 0 Å². The molecule has 294 valence electrons. The maximum atomic E-state index is 14.8. The van der Waals surface area contributed by atoms with E-state index < -0.39 is 29.6 Å². The number of carbonyl (C=O) groups excluding carboxylic acids is 4. The SMILES string of the molecule is O=C1[C@H]2[C@H](CC=C3[C@H](C4=COc5ccc(O)cc5C4)[C@@H]4C(=O)N(C5CCN(Cc6ccccc6)CC5)C(=O)[C@@H]4C[C@H]32)C(=O)N1C1CCN(Cc2ccccc2)CC1. The van der Waals surface area contributed by atoms with Crippen molar-refractivity contribution in [3.8, 4) is 11.5 Å². The van der Waals surface area contributed by atoms with Crippen LogP contribution in [0.15, 0.2) is 102 Å². The van der Waals surface area contributed by atoms with Gasteiger partial charge in [0.05, 0.1) is 29.9 Å². The van der Waals surface area contributed by atoms with Gasteiger partial charge in [-0.1, -0.05) is 72.3 Å². The van der Waals surface area contributed by atoms with Gasteiger partial charge in [0.1, 0.15) is 11.5 Å². The largest absolute Gasteiger partial charge is 0.508 e. The Kier molecular flexibility index (Phi) is 9.36. The van der Waals surface area contributed by atoms with E-state index in [-0.39, 0.29) is 47.4 Å². The minimum atomic E-state index is -0.607. The highest BCUT2D eigenvalue weighted by atomic mass is 16.5. The monoisotopic (exact) mass is 766 g/mol. The lowest BCUT2D eigenvalue weighted by Gasteiger charge is -2.45. The molecule has 1 N–H and O–H groups in total. The molecule has 0 spiro atoms. The van der Waals surface area contributed by atoms with Crippen molar-refractivity contribution in [2.45, 2.75) is 70.1 Å². The zero-order valence-electron chi connectivity index (χ0n) is 32.2. The summed E-state index contributed by atoms with van der Waals surface area (Å²) in [5.41, 5.74) is 5.19. The van der Waals surface area contributed by atoms with Crippen LogP contribution in [0, 0.1) is 35.5 Å². The zero-order chi connectivity index (χ0) is 38.8. The second-order valence-corrected chi connectivity index (χ2v) is 17.4. The molecule has 3 aromatic rings. The normalized spacial score (nSPS) is 29.7. The van der Waals surface area contributed by atoms with E-state index in [1.165, 1.54) is 11.1 Å². The molecule has 1 saturated carbocycles. The van der Waals surface area contributed by atoms with E-state index in [0.29, 0.717) is 25.0 Å². The number of phenols is 1. The summed E-state index contributed by atoms with van der Waals surface area (Å²) in [5.74, 6) is -2.64. The molecule has 57 heavy (non-hydrogen) atoms. The van der Waals surface area contributed by atoms with E-state index in [0.717, 1.165) is 81.7 Å². The average molecular weight is 767 g/mol. The fourth-order valence-electron chi connectivity index (χ4n) is 11.5. The van der Waals surface area contributed by atoms with Crippen molar-refractivity contribution in [3.05, 3.63) is 119 Å². The number of piperidine rings is 2. The van der Waals surface area contributed by atoms with Gasteiger partial charge in [0.2, 0.25) is 23.6 Å². The summed E-state index contributed by atoms with van der Waals surface area (Å²) in [7, 11) is 0. The predicted octanol–water partition coefficient (Wildman–Crippen LogP) is 5.71. The highest BCUT2D eigenvalue weighted by Crippen LogP contribution is 2.58. The summed E-state index contributed by atoms with van der Waals surface area (Å²) < 4.78 is 6.16. The molecule has 4 amide bonds. The number of fused-ring (bicyclic) bond motifs is 5. The van der Waals surface area contributed by atoms with E-state index in [1.54, 1.807) is 34.3 Å². The van der Waals surface area contributed by atoms with E-state index in [1.807, 2.05) is 24.3 Å². The van der Waals surface area contributed by atoms with Gasteiger partial charge in [0.25, 0.3) is 0 Å². The molecule has 6 atom stereocenters. The third kappa shape index (κ3) is 6.41. The number of benzene rings is 3. The Labute approximate surface area is 333 Å². The Morgan fingerprint density at radius 3 is 1.79 bits per heavy atom. The molecule has 3 aromatic carbocycles. The molecule has 7 aliphatic rings. The number of rotatable bonds is 7. The number of ether oxygens (including phenoxy) is 1. The number of amides is 4. The molecular formula is C47H50N4O6. The van der Waals surface area contributed by atoms with Crippen LogP contribution in [0.2, 0.25) is 0 Å². The highest BCUT2D eigenvalue weighted by Gasteiger charge is 2.63. The lowest BCUT2D eigenvalue weighted by Crippen LogP contribution is -2.48. The predicted molar refractivity (Wildman–Crippen MR) is 212 cm³/mol. The van der Waals surface area contributed by atoms with Gasteiger partial charge >= 0.3 is 0 Å². The summed E-state index contributed by atoms with van der Waals surface area (Å²) in [5, 5.41) is 10.4. The van der Waals surface area contributed by atoms with Gasteiger partial charge in [-0.25, -0.2) is 0 Å². The van der Waals surface area contributed by atoms with Crippen molar-refractivity contribution < 1.29 is 29.0 Å². The third-order valence-electron chi connectivity index (χ3n) is 14.2. The van der Waals surface area contributed by atoms with Gasteiger partial charge < -0.3 is 9.84 Å². The summed E-state index contributed by atoms with van der Waals surface area (Å²) in [4.78, 5) is 66.5. The van der Waals surface area contributed by atoms with Gasteiger partial charge in [-0.05, 0) is 79.3 Å². The first kappa shape index (κ1) is 36.3. The van der Waals surface area contributed by atoms with Crippen LogP contribution in [0.3, 0.4) is 0 Å². The smallest absolute Gasteiger partial charge is 0.234 e. The van der Waals surface area contributed by atoms with Crippen LogP contribution in [0.25, 0.3) is 0 Å². The van der Waals surface area contributed by atoms with Crippen LogP contribution in [0.5, 0.6) is 11.5 Å². The maximum Gasteiger partial charge on any atom is 0.234 e. The van der Waals surface area contributed by atoms with Crippen molar-refractivity contribution in [1.29, 1.82) is 0 Å². The van der Waals surface area contributed by atoms with E-state index >= 15 is 0 Å². The van der Waals surface area contributed by atoms with Crippen LogP contribution in [0.1, 0.15) is 55.2 Å². The van der Waals surface area contributed by atoms with Gasteiger partial charge in [-0.3, -0.25) is 38.8 Å². The van der Waals surface area contributed by atoms with Crippen LogP contribution in [-0.4, -0.2) is 86.6 Å². The quantitative estimate of drug-likeness (QED) is 0.241. The van der Waals surface area contributed by atoms with Gasteiger partial charge in [0.15, 0.2) is 0 Å². The molecule has 5 aliphatic heterocycles. The summed E-state index contributed by atoms with van der Waals surface area (Å²) in [6, 6.07) is 25.5. The number of phenolic OH excluding ortho intramolecular Hbond substituents is 1. The van der Waals surface area contributed by atoms with Crippen molar-refractivity contribution in [2.24, 2.45) is 35.5 Å². The number of likely N-dealkylation sites (tertiary alicyclic amines) is 4. The number of hydrogen-bond donors (Lipinski definition) is 1.